The molecule has 0 radical (unpaired) electrons. The highest BCUT2D eigenvalue weighted by Gasteiger charge is 2.38. The van der Waals surface area contributed by atoms with Crippen LogP contribution in [0, 0.1) is 0 Å². The molecule has 0 aliphatic heterocycles. The highest BCUT2D eigenvalue weighted by atomic mass is 32.1. The fourth-order valence-corrected chi connectivity index (χ4v) is 5.08. The highest BCUT2D eigenvalue weighted by molar-refractivity contribution is 7.11. The van der Waals surface area contributed by atoms with Crippen LogP contribution >= 0.6 is 11.3 Å². The molecule has 0 spiro atoms. The van der Waals surface area contributed by atoms with Crippen molar-refractivity contribution < 1.29 is 4.79 Å². The number of nitrogens with zero attached hydrogens (tertiary/aromatic N) is 2. The lowest BCUT2D eigenvalue weighted by Crippen LogP contribution is -2.48. The molecule has 0 aliphatic carbocycles. The van der Waals surface area contributed by atoms with E-state index in [1.807, 2.05) is 91.0 Å². The van der Waals surface area contributed by atoms with Crippen molar-refractivity contribution in [3.05, 3.63) is 118 Å². The molecule has 0 saturated heterocycles. The largest absolute Gasteiger partial charge is 0.338 e. The lowest BCUT2D eigenvalue weighted by molar-refractivity contribution is -0.122. The van der Waals surface area contributed by atoms with Gasteiger partial charge in [-0.2, -0.15) is 0 Å². The van der Waals surface area contributed by atoms with Gasteiger partial charge in [0.2, 0.25) is 5.91 Å². The first-order chi connectivity index (χ1) is 16.5. The number of hydrogen-bond acceptors (Lipinski definition) is 5. The van der Waals surface area contributed by atoms with Gasteiger partial charge in [-0.3, -0.25) is 4.79 Å². The van der Waals surface area contributed by atoms with E-state index in [-0.39, 0.29) is 12.3 Å². The van der Waals surface area contributed by atoms with Gasteiger partial charge in [-0.05, 0) is 23.1 Å². The Labute approximate surface area is 205 Å². The van der Waals surface area contributed by atoms with E-state index in [1.165, 1.54) is 11.3 Å². The summed E-state index contributed by atoms with van der Waals surface area (Å²) in [5, 5.41) is 13.6. The molecule has 1 heterocycles. The third-order valence-electron chi connectivity index (χ3n) is 6.16. The van der Waals surface area contributed by atoms with Crippen LogP contribution in [0.5, 0.6) is 0 Å². The maximum absolute atomic E-state index is 13.5. The van der Waals surface area contributed by atoms with Crippen molar-refractivity contribution in [3.8, 4) is 0 Å². The van der Waals surface area contributed by atoms with Crippen LogP contribution in [0.1, 0.15) is 65.4 Å². The summed E-state index contributed by atoms with van der Waals surface area (Å²) in [4.78, 5) is 13.5. The fraction of sp³-hybridized carbons (Fsp3) is 0.250. The zero-order valence-corrected chi connectivity index (χ0v) is 20.3. The topological polar surface area (TPSA) is 80.9 Å². The van der Waals surface area contributed by atoms with Crippen LogP contribution in [0.25, 0.3) is 0 Å². The average molecular weight is 471 g/mol. The fourth-order valence-electron chi connectivity index (χ4n) is 4.10. The molecule has 34 heavy (non-hydrogen) atoms. The van der Waals surface area contributed by atoms with Gasteiger partial charge < -0.3 is 11.1 Å². The summed E-state index contributed by atoms with van der Waals surface area (Å²) in [6.45, 7) is 4.24. The standard InChI is InChI=1S/C28H30N4OS/c1-3-20(2)26-31-32-27(34-26)24(29)19-25(33)30-28(21-13-7-4-8-14-21,22-15-9-5-10-16-22)23-17-11-6-12-18-23/h4-18,20,24H,3,19,29H2,1-2H3,(H,30,33)/t20-,24-/m0/s1. The Morgan fingerprint density at radius 2 is 1.29 bits per heavy atom. The summed E-state index contributed by atoms with van der Waals surface area (Å²) in [5.41, 5.74) is 8.50. The lowest BCUT2D eigenvalue weighted by Gasteiger charge is -2.37. The Hall–Kier alpha value is -3.35. The van der Waals surface area contributed by atoms with Gasteiger partial charge in [-0.25, -0.2) is 0 Å². The molecule has 174 valence electrons. The van der Waals surface area contributed by atoms with Crippen LogP contribution in [0.4, 0.5) is 0 Å². The van der Waals surface area contributed by atoms with E-state index in [2.05, 4.69) is 29.4 Å². The van der Waals surface area contributed by atoms with Crippen molar-refractivity contribution in [1.82, 2.24) is 15.5 Å². The van der Waals surface area contributed by atoms with E-state index < -0.39 is 11.6 Å². The molecular formula is C28H30N4OS. The van der Waals surface area contributed by atoms with Crippen molar-refractivity contribution in [2.24, 2.45) is 5.73 Å². The highest BCUT2D eigenvalue weighted by Crippen LogP contribution is 2.37. The van der Waals surface area contributed by atoms with Gasteiger partial charge in [-0.15, -0.1) is 10.2 Å². The number of benzene rings is 3. The van der Waals surface area contributed by atoms with Gasteiger partial charge in [0.25, 0.3) is 0 Å². The summed E-state index contributed by atoms with van der Waals surface area (Å²) in [7, 11) is 0. The summed E-state index contributed by atoms with van der Waals surface area (Å²) >= 11 is 1.50. The van der Waals surface area contributed by atoms with Gasteiger partial charge in [0.1, 0.15) is 15.6 Å². The van der Waals surface area contributed by atoms with E-state index in [0.29, 0.717) is 10.9 Å². The molecule has 5 nitrogen and oxygen atoms in total. The van der Waals surface area contributed by atoms with Crippen molar-refractivity contribution in [2.45, 2.75) is 44.2 Å². The van der Waals surface area contributed by atoms with E-state index >= 15 is 0 Å². The van der Waals surface area contributed by atoms with E-state index in [9.17, 15) is 4.79 Å². The molecule has 4 aromatic rings. The molecule has 6 heteroatoms. The number of hydrogen-bond donors (Lipinski definition) is 2. The summed E-state index contributed by atoms with van der Waals surface area (Å²) in [6.07, 6.45) is 1.10. The van der Waals surface area contributed by atoms with E-state index in [1.54, 1.807) is 0 Å². The van der Waals surface area contributed by atoms with Crippen LogP contribution in [-0.2, 0) is 10.3 Å². The molecule has 1 amide bonds. The van der Waals surface area contributed by atoms with Gasteiger partial charge in [0.15, 0.2) is 0 Å². The van der Waals surface area contributed by atoms with E-state index in [0.717, 1.165) is 28.1 Å². The van der Waals surface area contributed by atoms with Crippen molar-refractivity contribution in [3.63, 3.8) is 0 Å². The number of amides is 1. The Bertz CT molecular complexity index is 1100. The number of rotatable bonds is 9. The molecule has 4 rings (SSSR count). The van der Waals surface area contributed by atoms with Crippen LogP contribution < -0.4 is 11.1 Å². The van der Waals surface area contributed by atoms with Gasteiger partial charge in [0.05, 0.1) is 6.04 Å². The molecular weight excluding hydrogens is 440 g/mol. The predicted octanol–water partition coefficient (Wildman–Crippen LogP) is 5.55. The van der Waals surface area contributed by atoms with Crippen molar-refractivity contribution >= 4 is 17.2 Å². The number of nitrogens with one attached hydrogen (secondary N) is 1. The van der Waals surface area contributed by atoms with Crippen molar-refractivity contribution in [2.75, 3.05) is 0 Å². The minimum absolute atomic E-state index is 0.114. The minimum atomic E-state index is -0.858. The molecule has 0 unspecified atom stereocenters. The molecule has 2 atom stereocenters. The molecule has 3 aromatic carbocycles. The monoisotopic (exact) mass is 470 g/mol. The van der Waals surface area contributed by atoms with Crippen LogP contribution in [0.3, 0.4) is 0 Å². The maximum Gasteiger partial charge on any atom is 0.223 e. The number of aromatic nitrogens is 2. The Morgan fingerprint density at radius 1 is 0.853 bits per heavy atom. The van der Waals surface area contributed by atoms with E-state index in [4.69, 9.17) is 5.73 Å². The summed E-state index contributed by atoms with van der Waals surface area (Å²) < 4.78 is 0. The van der Waals surface area contributed by atoms with Gasteiger partial charge in [0, 0.05) is 12.3 Å². The van der Waals surface area contributed by atoms with Gasteiger partial charge in [-0.1, -0.05) is 116 Å². The number of nitrogens with two attached hydrogens (primary N) is 1. The second kappa shape index (κ2) is 10.7. The van der Waals surface area contributed by atoms with Crippen LogP contribution in [-0.4, -0.2) is 16.1 Å². The molecule has 0 saturated carbocycles. The second-order valence-electron chi connectivity index (χ2n) is 8.49. The van der Waals surface area contributed by atoms with Crippen LogP contribution in [0.2, 0.25) is 0 Å². The lowest BCUT2D eigenvalue weighted by atomic mass is 9.77. The molecule has 0 bridgehead atoms. The zero-order valence-electron chi connectivity index (χ0n) is 19.5. The first-order valence-electron chi connectivity index (χ1n) is 11.6. The van der Waals surface area contributed by atoms with Gasteiger partial charge >= 0.3 is 0 Å². The molecule has 3 N–H and O–H groups in total. The molecule has 0 fully saturated rings. The number of carbonyl (C=O) groups excluding carboxylic acids is 1. The predicted molar refractivity (Wildman–Crippen MR) is 138 cm³/mol. The zero-order chi connectivity index (χ0) is 24.0. The maximum atomic E-state index is 13.5. The third-order valence-corrected chi connectivity index (χ3v) is 7.45. The van der Waals surface area contributed by atoms with Crippen LogP contribution in [0.15, 0.2) is 91.0 Å². The first kappa shape index (κ1) is 23.8. The summed E-state index contributed by atoms with van der Waals surface area (Å²) in [6, 6.07) is 29.6. The Kier molecular flexibility index (Phi) is 7.50. The average Bonchev–Trinajstić information content (AvgIpc) is 3.39. The smallest absolute Gasteiger partial charge is 0.223 e. The molecule has 1 aromatic heterocycles. The SMILES string of the molecule is CC[C@H](C)c1nnc([C@@H](N)CC(=O)NC(c2ccccc2)(c2ccccc2)c2ccccc2)s1. The quantitative estimate of drug-likeness (QED) is 0.314. The summed E-state index contributed by atoms with van der Waals surface area (Å²) in [5.74, 6) is 0.179. The second-order valence-corrected chi connectivity index (χ2v) is 9.54. The van der Waals surface area contributed by atoms with Crippen molar-refractivity contribution in [1.29, 1.82) is 0 Å². The molecule has 0 aliphatic rings. The Morgan fingerprint density at radius 3 is 1.74 bits per heavy atom. The Balaban J connectivity index is 1.70. The minimum Gasteiger partial charge on any atom is -0.338 e. The number of carbonyl (C=O) groups is 1. The third kappa shape index (κ3) is 4.93. The first-order valence-corrected chi connectivity index (χ1v) is 12.4. The normalized spacial score (nSPS) is 13.3.